The molecule has 75 heavy (non-hydrogen) atoms. The smallest absolute Gasteiger partial charge is 0.279 e. The summed E-state index contributed by atoms with van der Waals surface area (Å²) in [7, 11) is 0. The second kappa shape index (κ2) is 16.9. The molecule has 0 amide bonds. The molecular weight excluding hydrogens is 914 g/mol. The zero-order valence-corrected chi connectivity index (χ0v) is 47.9. The Balaban J connectivity index is 1.25. The molecule has 2 aromatic heterocycles. The fraction of sp³-hybridized carbons (Fsp3) is 0.348. The number of benzene rings is 7. The van der Waals surface area contributed by atoms with Crippen LogP contribution in [0, 0.1) is 0 Å². The van der Waals surface area contributed by atoms with Gasteiger partial charge in [-0.1, -0.05) is 185 Å². The molecular formula is C69H76BN3O2. The molecule has 0 atom stereocenters. The lowest BCUT2D eigenvalue weighted by Gasteiger charge is -2.43. The highest BCUT2D eigenvalue weighted by Gasteiger charge is 2.48. The summed E-state index contributed by atoms with van der Waals surface area (Å²) in [6.07, 6.45) is 0. The number of rotatable bonds is 4. The summed E-state index contributed by atoms with van der Waals surface area (Å²) in [5.74, 6) is 1.31. The van der Waals surface area contributed by atoms with Crippen LogP contribution >= 0.6 is 0 Å². The Kier molecular flexibility index (Phi) is 11.3. The number of hydrogen-bond donors (Lipinski definition) is 0. The molecule has 5 nitrogen and oxygen atoms in total. The van der Waals surface area contributed by atoms with Gasteiger partial charge in [0, 0.05) is 44.6 Å². The molecule has 6 heteroatoms. The second-order valence-electron chi connectivity index (χ2n) is 27.9. The maximum atomic E-state index is 7.54. The average molecular weight is 990 g/mol. The van der Waals surface area contributed by atoms with Crippen molar-refractivity contribution >= 4 is 79.5 Å². The van der Waals surface area contributed by atoms with E-state index in [-0.39, 0.29) is 39.2 Å². The first-order valence-electron chi connectivity index (χ1n) is 27.2. The van der Waals surface area contributed by atoms with Crippen LogP contribution in [-0.4, -0.2) is 11.7 Å². The van der Waals surface area contributed by atoms with Crippen molar-refractivity contribution in [2.75, 3.05) is 9.80 Å². The van der Waals surface area contributed by atoms with Crippen LogP contribution in [0.1, 0.15) is 158 Å². The van der Waals surface area contributed by atoms with E-state index in [2.05, 4.69) is 268 Å². The van der Waals surface area contributed by atoms with Gasteiger partial charge < -0.3 is 13.7 Å². The van der Waals surface area contributed by atoms with Gasteiger partial charge in [-0.25, -0.2) is 4.98 Å². The number of nitrogens with zero attached hydrogens (tertiary/aromatic N) is 3. The van der Waals surface area contributed by atoms with E-state index >= 15 is 0 Å². The highest BCUT2D eigenvalue weighted by Crippen LogP contribution is 2.50. The Morgan fingerprint density at radius 3 is 1.40 bits per heavy atom. The Morgan fingerprint density at radius 2 is 0.827 bits per heavy atom. The fourth-order valence-electron chi connectivity index (χ4n) is 11.2. The molecule has 2 aliphatic rings. The predicted molar refractivity (Wildman–Crippen MR) is 321 cm³/mol. The molecule has 4 heterocycles. The number of fused-ring (bicyclic) bond motifs is 7. The van der Waals surface area contributed by atoms with Crippen molar-refractivity contribution < 1.29 is 8.83 Å². The van der Waals surface area contributed by atoms with Crippen molar-refractivity contribution in [2.45, 2.75) is 157 Å². The van der Waals surface area contributed by atoms with Crippen LogP contribution < -0.4 is 26.3 Å². The quantitative estimate of drug-likeness (QED) is 0.164. The summed E-state index contributed by atoms with van der Waals surface area (Å²) < 4.78 is 14.0. The standard InChI is InChI=1S/C69H76BN3O2/c1-64(2,3)43-22-19-41(20-23-43)50-36-45(66(7,8)9)26-31-54(50)73-57-40-48(69(16,17)18)39-56-60(57)70(53-38-47(68(13,14)15)27-32-55(53)72(56)49-29-24-44(25-30-49)65(4,5)6)61-63(73)75-62(71-61)42-21-33-58-51(35-42)52-37-46(67(10,11)12)28-34-59(52)74-58/h19-40H,1-18H3. The van der Waals surface area contributed by atoms with Gasteiger partial charge >= 0.3 is 0 Å². The lowest BCUT2D eigenvalue weighted by molar-refractivity contribution is 0.579. The van der Waals surface area contributed by atoms with Gasteiger partial charge in [0.15, 0.2) is 0 Å². The van der Waals surface area contributed by atoms with Crippen LogP contribution in [-0.2, 0) is 32.5 Å². The molecule has 382 valence electrons. The minimum atomic E-state index is -0.244. The van der Waals surface area contributed by atoms with Gasteiger partial charge in [-0.05, 0) is 155 Å². The molecule has 11 rings (SSSR count). The van der Waals surface area contributed by atoms with E-state index in [1.54, 1.807) is 0 Å². The summed E-state index contributed by atoms with van der Waals surface area (Å²) in [5.41, 5.74) is 21.1. The summed E-state index contributed by atoms with van der Waals surface area (Å²) >= 11 is 0. The second-order valence-corrected chi connectivity index (χ2v) is 27.9. The van der Waals surface area contributed by atoms with Gasteiger partial charge in [-0.15, -0.1) is 0 Å². The van der Waals surface area contributed by atoms with Crippen molar-refractivity contribution in [2.24, 2.45) is 0 Å². The van der Waals surface area contributed by atoms with E-state index in [0.29, 0.717) is 5.89 Å². The maximum Gasteiger partial charge on any atom is 0.279 e. The predicted octanol–water partition coefficient (Wildman–Crippen LogP) is 17.8. The topological polar surface area (TPSA) is 45.7 Å². The first kappa shape index (κ1) is 50.4. The zero-order valence-electron chi connectivity index (χ0n) is 47.9. The van der Waals surface area contributed by atoms with E-state index in [0.717, 1.165) is 78.5 Å². The number of anilines is 6. The number of hydrogen-bond acceptors (Lipinski definition) is 5. The monoisotopic (exact) mass is 990 g/mol. The van der Waals surface area contributed by atoms with E-state index in [9.17, 15) is 0 Å². The van der Waals surface area contributed by atoms with Gasteiger partial charge in [0.1, 0.15) is 11.2 Å². The van der Waals surface area contributed by atoms with Gasteiger partial charge in [0.2, 0.25) is 11.8 Å². The SMILES string of the molecule is CC(C)(C)c1ccc(-c2cc(C(C)(C)C)ccc2N2c3cc(C(C)(C)C)cc4c3B(c3cc(C(C)(C)C)ccc3N4c3ccc(C(C)(C)C)cc3)c3nc(-c4ccc5oc6ccc(C(C)(C)C)cc6c5c4)oc32)cc1. The Morgan fingerprint density at radius 1 is 0.373 bits per heavy atom. The summed E-state index contributed by atoms with van der Waals surface area (Å²) in [6.45, 7) is 41.1. The molecule has 0 aliphatic carbocycles. The molecule has 2 aliphatic heterocycles. The molecule has 0 fully saturated rings. The first-order valence-corrected chi connectivity index (χ1v) is 27.2. The van der Waals surface area contributed by atoms with Crippen LogP contribution in [0.5, 0.6) is 0 Å². The molecule has 9 aromatic rings. The average Bonchev–Trinajstić information content (AvgIpc) is 3.94. The summed E-state index contributed by atoms with van der Waals surface area (Å²) in [4.78, 5) is 10.7. The zero-order chi connectivity index (χ0) is 53.7. The van der Waals surface area contributed by atoms with Crippen LogP contribution in [0.25, 0.3) is 44.5 Å². The fourth-order valence-corrected chi connectivity index (χ4v) is 11.2. The van der Waals surface area contributed by atoms with Crippen LogP contribution in [0.2, 0.25) is 0 Å². The first-order chi connectivity index (χ1) is 34.9. The maximum absolute atomic E-state index is 7.54. The molecule has 7 aromatic carbocycles. The van der Waals surface area contributed by atoms with E-state index < -0.39 is 0 Å². The van der Waals surface area contributed by atoms with Crippen molar-refractivity contribution in [3.05, 3.63) is 167 Å². The lowest BCUT2D eigenvalue weighted by Crippen LogP contribution is -2.62. The Bertz CT molecular complexity index is 3710. The third-order valence-corrected chi connectivity index (χ3v) is 16.1. The van der Waals surface area contributed by atoms with Gasteiger partial charge in [0.05, 0.1) is 11.3 Å². The molecule has 0 bridgehead atoms. The largest absolute Gasteiger partial charge is 0.456 e. The normalized spacial score (nSPS) is 14.2. The lowest BCUT2D eigenvalue weighted by atomic mass is 9.35. The Hall–Kier alpha value is -6.79. The van der Waals surface area contributed by atoms with E-state index in [4.69, 9.17) is 13.8 Å². The Labute approximate surface area is 447 Å². The van der Waals surface area contributed by atoms with Crippen LogP contribution in [0.4, 0.5) is 34.3 Å². The van der Waals surface area contributed by atoms with Crippen molar-refractivity contribution in [1.29, 1.82) is 0 Å². The molecule has 0 saturated carbocycles. The van der Waals surface area contributed by atoms with Crippen molar-refractivity contribution in [3.8, 4) is 22.6 Å². The van der Waals surface area contributed by atoms with Crippen molar-refractivity contribution in [1.82, 2.24) is 4.98 Å². The minimum Gasteiger partial charge on any atom is -0.456 e. The molecule has 0 N–H and O–H groups in total. The third kappa shape index (κ3) is 8.71. The molecule has 0 saturated heterocycles. The van der Waals surface area contributed by atoms with E-state index in [1.807, 2.05) is 0 Å². The molecule has 0 spiro atoms. The highest BCUT2D eigenvalue weighted by atomic mass is 16.4. The summed E-state index contributed by atoms with van der Waals surface area (Å²) in [5, 5.41) is 2.14. The van der Waals surface area contributed by atoms with Gasteiger partial charge in [0.25, 0.3) is 6.71 Å². The third-order valence-electron chi connectivity index (χ3n) is 16.1. The van der Waals surface area contributed by atoms with Gasteiger partial charge in [-0.3, -0.25) is 4.90 Å². The van der Waals surface area contributed by atoms with E-state index in [1.165, 1.54) is 44.3 Å². The number of furan rings is 1. The number of oxazole rings is 1. The number of aromatic nitrogens is 1. The molecule has 0 radical (unpaired) electrons. The minimum absolute atomic E-state index is 0.00976. The van der Waals surface area contributed by atoms with Crippen molar-refractivity contribution in [3.63, 3.8) is 0 Å². The highest BCUT2D eigenvalue weighted by molar-refractivity contribution is 6.99. The van der Waals surface area contributed by atoms with Crippen LogP contribution in [0.3, 0.4) is 0 Å². The summed E-state index contributed by atoms with van der Waals surface area (Å²) in [6, 6.07) is 50.7. The molecule has 0 unspecified atom stereocenters. The van der Waals surface area contributed by atoms with Gasteiger partial charge in [-0.2, -0.15) is 0 Å². The van der Waals surface area contributed by atoms with Crippen LogP contribution in [0.15, 0.2) is 142 Å².